The standard InChI is InChI=1S/C27H33F2N3/c1-18(2)27(31)12-11-26(30)17-32-16-19-13-22(20-3-7-24(28)8-4-20)15-23(14-19)21-5-9-25(29)10-6-21/h3-10,13-15,18,26-27,32H,11-12,16-17,30-31H2,1-2H3/p+3/t26-,27?/m0/s1. The number of hydrogen-bond donors (Lipinski definition) is 3. The van der Waals surface area contributed by atoms with Crippen LogP contribution in [0.4, 0.5) is 8.78 Å². The Labute approximate surface area is 189 Å². The zero-order valence-electron chi connectivity index (χ0n) is 19.2. The Bertz CT molecular complexity index is 921. The van der Waals surface area contributed by atoms with Crippen molar-refractivity contribution in [3.05, 3.63) is 83.9 Å². The maximum Gasteiger partial charge on any atom is 0.134 e. The maximum atomic E-state index is 13.4. The molecule has 0 aromatic heterocycles. The summed E-state index contributed by atoms with van der Waals surface area (Å²) in [4.78, 5) is 0. The zero-order chi connectivity index (χ0) is 23.1. The van der Waals surface area contributed by atoms with E-state index in [2.05, 4.69) is 48.8 Å². The summed E-state index contributed by atoms with van der Waals surface area (Å²) in [5.41, 5.74) is 13.7. The van der Waals surface area contributed by atoms with Crippen molar-refractivity contribution in [3.8, 4) is 22.3 Å². The van der Waals surface area contributed by atoms with E-state index < -0.39 is 0 Å². The van der Waals surface area contributed by atoms with Gasteiger partial charge in [0.15, 0.2) is 0 Å². The molecule has 0 radical (unpaired) electrons. The number of benzene rings is 3. The normalized spacial score (nSPS) is 13.3. The van der Waals surface area contributed by atoms with Crippen LogP contribution in [0.3, 0.4) is 0 Å². The third-order valence-corrected chi connectivity index (χ3v) is 6.12. The second kappa shape index (κ2) is 11.3. The molecular weight excluding hydrogens is 404 g/mol. The van der Waals surface area contributed by atoms with Gasteiger partial charge in [-0.15, -0.1) is 0 Å². The lowest BCUT2D eigenvalue weighted by Gasteiger charge is -2.14. The molecule has 0 bridgehead atoms. The van der Waals surface area contributed by atoms with Crippen molar-refractivity contribution < 1.29 is 25.6 Å². The molecule has 0 aliphatic rings. The van der Waals surface area contributed by atoms with E-state index in [1.807, 2.05) is 0 Å². The smallest absolute Gasteiger partial charge is 0.134 e. The van der Waals surface area contributed by atoms with Crippen molar-refractivity contribution in [1.82, 2.24) is 0 Å². The maximum absolute atomic E-state index is 13.4. The molecule has 3 rings (SSSR count). The average molecular weight is 441 g/mol. The highest BCUT2D eigenvalue weighted by molar-refractivity contribution is 5.74. The van der Waals surface area contributed by atoms with Crippen LogP contribution in [-0.2, 0) is 6.54 Å². The second-order valence-corrected chi connectivity index (χ2v) is 9.11. The summed E-state index contributed by atoms with van der Waals surface area (Å²) in [6, 6.07) is 20.3. The highest BCUT2D eigenvalue weighted by Crippen LogP contribution is 2.28. The van der Waals surface area contributed by atoms with Gasteiger partial charge in [0.05, 0.1) is 6.04 Å². The van der Waals surface area contributed by atoms with E-state index in [1.165, 1.54) is 29.8 Å². The van der Waals surface area contributed by atoms with Crippen molar-refractivity contribution in [2.45, 2.75) is 45.3 Å². The van der Waals surface area contributed by atoms with Crippen LogP contribution in [0.15, 0.2) is 66.7 Å². The summed E-state index contributed by atoms with van der Waals surface area (Å²) < 4.78 is 26.8. The Morgan fingerprint density at radius 3 is 1.69 bits per heavy atom. The van der Waals surface area contributed by atoms with Crippen LogP contribution in [0.5, 0.6) is 0 Å². The first kappa shape index (κ1) is 24.1. The fraction of sp³-hybridized carbons (Fsp3) is 0.333. The molecule has 170 valence electrons. The van der Waals surface area contributed by atoms with Crippen LogP contribution in [0, 0.1) is 17.6 Å². The lowest BCUT2D eigenvalue weighted by Crippen LogP contribution is -2.89. The summed E-state index contributed by atoms with van der Waals surface area (Å²) in [6.45, 7) is 6.22. The molecule has 3 aromatic rings. The molecule has 3 nitrogen and oxygen atoms in total. The molecule has 0 fully saturated rings. The molecule has 0 aliphatic heterocycles. The van der Waals surface area contributed by atoms with Gasteiger partial charge in [-0.3, -0.25) is 0 Å². The van der Waals surface area contributed by atoms with E-state index in [0.29, 0.717) is 18.0 Å². The molecule has 8 N–H and O–H groups in total. The SMILES string of the molecule is CC(C)C([NH3+])CC[C@H]([NH3+])C[NH2+]Cc1cc(-c2ccc(F)cc2)cc(-c2ccc(F)cc2)c1. The molecule has 3 aromatic carbocycles. The molecule has 5 heteroatoms. The predicted molar refractivity (Wildman–Crippen MR) is 125 cm³/mol. The van der Waals surface area contributed by atoms with Gasteiger partial charge in [-0.2, -0.15) is 0 Å². The van der Waals surface area contributed by atoms with Gasteiger partial charge in [0.2, 0.25) is 0 Å². The molecule has 0 amide bonds. The highest BCUT2D eigenvalue weighted by Gasteiger charge is 2.16. The largest absolute Gasteiger partial charge is 0.355 e. The molecule has 0 saturated carbocycles. The van der Waals surface area contributed by atoms with Gasteiger partial charge < -0.3 is 16.8 Å². The Morgan fingerprint density at radius 2 is 1.22 bits per heavy atom. The minimum absolute atomic E-state index is 0.250. The van der Waals surface area contributed by atoms with E-state index in [1.54, 1.807) is 24.3 Å². The summed E-state index contributed by atoms with van der Waals surface area (Å²) >= 11 is 0. The topological polar surface area (TPSA) is 71.9 Å². The van der Waals surface area contributed by atoms with Crippen LogP contribution in [0.25, 0.3) is 22.3 Å². The van der Waals surface area contributed by atoms with Crippen LogP contribution < -0.4 is 16.8 Å². The van der Waals surface area contributed by atoms with E-state index in [0.717, 1.165) is 48.2 Å². The summed E-state index contributed by atoms with van der Waals surface area (Å²) in [7, 11) is 0. The van der Waals surface area contributed by atoms with Gasteiger partial charge in [0.1, 0.15) is 30.8 Å². The first-order valence-electron chi connectivity index (χ1n) is 11.5. The van der Waals surface area contributed by atoms with Gasteiger partial charge in [0.25, 0.3) is 0 Å². The van der Waals surface area contributed by atoms with Crippen molar-refractivity contribution in [1.29, 1.82) is 0 Å². The van der Waals surface area contributed by atoms with Crippen LogP contribution in [-0.4, -0.2) is 18.6 Å². The summed E-state index contributed by atoms with van der Waals surface area (Å²) in [5, 5.41) is 2.29. The quantitative estimate of drug-likeness (QED) is 0.434. The number of nitrogens with two attached hydrogens (primary N) is 1. The third-order valence-electron chi connectivity index (χ3n) is 6.12. The first-order chi connectivity index (χ1) is 15.3. The number of quaternary nitrogens is 3. The lowest BCUT2D eigenvalue weighted by atomic mass is 9.96. The minimum Gasteiger partial charge on any atom is -0.355 e. The number of halogens is 2. The molecule has 0 spiro atoms. The molecule has 0 heterocycles. The third kappa shape index (κ3) is 6.95. The predicted octanol–water partition coefficient (Wildman–Crippen LogP) is 3.02. The molecule has 32 heavy (non-hydrogen) atoms. The van der Waals surface area contributed by atoms with Crippen LogP contribution >= 0.6 is 0 Å². The Kier molecular flexibility index (Phi) is 8.51. The fourth-order valence-electron chi connectivity index (χ4n) is 3.81. The Hall–Kier alpha value is -2.60. The average Bonchev–Trinajstić information content (AvgIpc) is 2.78. The van der Waals surface area contributed by atoms with Crippen LogP contribution in [0.1, 0.15) is 32.3 Å². The van der Waals surface area contributed by atoms with E-state index in [9.17, 15) is 8.78 Å². The van der Waals surface area contributed by atoms with Gasteiger partial charge in [-0.1, -0.05) is 38.1 Å². The van der Waals surface area contributed by atoms with Crippen LogP contribution in [0.2, 0.25) is 0 Å². The molecular formula is C27H36F2N3+3. The highest BCUT2D eigenvalue weighted by atomic mass is 19.1. The Balaban J connectivity index is 1.74. The van der Waals surface area contributed by atoms with Crippen molar-refractivity contribution >= 4 is 0 Å². The van der Waals surface area contributed by atoms with Gasteiger partial charge in [-0.05, 0) is 64.7 Å². The molecule has 0 aliphatic carbocycles. The van der Waals surface area contributed by atoms with Gasteiger partial charge in [0, 0.05) is 24.3 Å². The van der Waals surface area contributed by atoms with Crippen molar-refractivity contribution in [3.63, 3.8) is 0 Å². The Morgan fingerprint density at radius 1 is 0.719 bits per heavy atom. The lowest BCUT2D eigenvalue weighted by molar-refractivity contribution is -0.695. The van der Waals surface area contributed by atoms with E-state index in [-0.39, 0.29) is 11.6 Å². The molecule has 2 atom stereocenters. The molecule has 1 unspecified atom stereocenters. The number of rotatable bonds is 10. The van der Waals surface area contributed by atoms with Crippen molar-refractivity contribution in [2.75, 3.05) is 6.54 Å². The number of hydrogen-bond acceptors (Lipinski definition) is 0. The van der Waals surface area contributed by atoms with Gasteiger partial charge in [-0.25, -0.2) is 8.78 Å². The minimum atomic E-state index is -0.250. The summed E-state index contributed by atoms with van der Waals surface area (Å²) in [6.07, 6.45) is 2.19. The van der Waals surface area contributed by atoms with E-state index in [4.69, 9.17) is 0 Å². The first-order valence-corrected chi connectivity index (χ1v) is 11.5. The van der Waals surface area contributed by atoms with Crippen molar-refractivity contribution in [2.24, 2.45) is 5.92 Å². The monoisotopic (exact) mass is 440 g/mol. The fourth-order valence-corrected chi connectivity index (χ4v) is 3.81. The second-order valence-electron chi connectivity index (χ2n) is 9.11. The summed E-state index contributed by atoms with van der Waals surface area (Å²) in [5.74, 6) is 0.103. The zero-order valence-corrected chi connectivity index (χ0v) is 19.2. The van der Waals surface area contributed by atoms with E-state index >= 15 is 0 Å². The molecule has 0 saturated heterocycles. The van der Waals surface area contributed by atoms with Gasteiger partial charge >= 0.3 is 0 Å².